The smallest absolute Gasteiger partial charge is 0.261 e. The monoisotopic (exact) mass is 380 g/mol. The zero-order valence-electron chi connectivity index (χ0n) is 15.3. The van der Waals surface area contributed by atoms with E-state index in [1.54, 1.807) is 18.2 Å². The molecule has 0 bridgehead atoms. The van der Waals surface area contributed by atoms with Gasteiger partial charge in [0.05, 0.1) is 5.69 Å². The fourth-order valence-corrected chi connectivity index (χ4v) is 3.34. The molecule has 6 nitrogen and oxygen atoms in total. The number of anilines is 1. The normalized spacial score (nSPS) is 11.0. The van der Waals surface area contributed by atoms with Crippen molar-refractivity contribution in [2.24, 2.45) is 0 Å². The maximum atomic E-state index is 12.7. The van der Waals surface area contributed by atoms with E-state index in [-0.39, 0.29) is 5.56 Å². The van der Waals surface area contributed by atoms with Gasteiger partial charge in [0.2, 0.25) is 0 Å². The van der Waals surface area contributed by atoms with Gasteiger partial charge in [0, 0.05) is 29.2 Å². The maximum absolute atomic E-state index is 12.7. The highest BCUT2D eigenvalue weighted by molar-refractivity contribution is 6.05. The number of H-pyrrole nitrogens is 1. The first-order chi connectivity index (χ1) is 14.2. The van der Waals surface area contributed by atoms with Crippen LogP contribution in [0.25, 0.3) is 27.8 Å². The number of carbonyl (C=O) groups is 1. The minimum absolute atomic E-state index is 0.0711. The van der Waals surface area contributed by atoms with Crippen molar-refractivity contribution in [1.29, 1.82) is 0 Å². The van der Waals surface area contributed by atoms with Gasteiger partial charge in [-0.3, -0.25) is 9.59 Å². The van der Waals surface area contributed by atoms with Gasteiger partial charge in [-0.2, -0.15) is 0 Å². The molecule has 29 heavy (non-hydrogen) atoms. The topological polar surface area (TPSA) is 79.3 Å². The Balaban J connectivity index is 1.46. The van der Waals surface area contributed by atoms with Gasteiger partial charge in [0.1, 0.15) is 11.2 Å². The number of hydrogen-bond donors (Lipinski definition) is 2. The van der Waals surface area contributed by atoms with Crippen LogP contribution in [0.2, 0.25) is 0 Å². The SMILES string of the molecule is O=C(Nc1cccc(-c2cn3ccccc3n2)c1)c1cc2ccccc2[nH]c1=O. The average Bonchev–Trinajstić information content (AvgIpc) is 3.18. The molecule has 5 aromatic rings. The molecule has 140 valence electrons. The van der Waals surface area contributed by atoms with Gasteiger partial charge in [0.25, 0.3) is 11.5 Å². The van der Waals surface area contributed by atoms with Crippen molar-refractivity contribution in [2.45, 2.75) is 0 Å². The Morgan fingerprint density at radius 1 is 0.966 bits per heavy atom. The number of carbonyl (C=O) groups excluding carboxylic acids is 1. The van der Waals surface area contributed by atoms with Gasteiger partial charge >= 0.3 is 0 Å². The summed E-state index contributed by atoms with van der Waals surface area (Å²) >= 11 is 0. The van der Waals surface area contributed by atoms with Gasteiger partial charge in [-0.05, 0) is 41.8 Å². The van der Waals surface area contributed by atoms with Crippen LogP contribution in [0.15, 0.2) is 90.0 Å². The first-order valence-corrected chi connectivity index (χ1v) is 9.15. The van der Waals surface area contributed by atoms with E-state index >= 15 is 0 Å². The highest BCUT2D eigenvalue weighted by Crippen LogP contribution is 2.23. The number of nitrogens with zero attached hydrogens (tertiary/aromatic N) is 2. The predicted molar refractivity (Wildman–Crippen MR) is 113 cm³/mol. The summed E-state index contributed by atoms with van der Waals surface area (Å²) in [6, 6.07) is 22.2. The van der Waals surface area contributed by atoms with Crippen molar-refractivity contribution in [3.63, 3.8) is 0 Å². The van der Waals surface area contributed by atoms with Crippen molar-refractivity contribution >= 4 is 28.1 Å². The molecule has 3 aromatic heterocycles. The summed E-state index contributed by atoms with van der Waals surface area (Å²) in [5.74, 6) is -0.454. The van der Waals surface area contributed by atoms with Crippen LogP contribution in [-0.2, 0) is 0 Å². The summed E-state index contributed by atoms with van der Waals surface area (Å²) in [6.07, 6.45) is 3.87. The molecule has 2 N–H and O–H groups in total. The van der Waals surface area contributed by atoms with Crippen LogP contribution in [0.3, 0.4) is 0 Å². The first-order valence-electron chi connectivity index (χ1n) is 9.15. The van der Waals surface area contributed by atoms with Crippen LogP contribution in [0.4, 0.5) is 5.69 Å². The van der Waals surface area contributed by atoms with E-state index in [4.69, 9.17) is 0 Å². The maximum Gasteiger partial charge on any atom is 0.261 e. The zero-order chi connectivity index (χ0) is 19.8. The standard InChI is InChI=1S/C23H16N4O2/c28-22(18-13-16-6-1-2-9-19(16)26-23(18)29)24-17-8-5-7-15(12-17)20-14-27-11-4-3-10-21(27)25-20/h1-14H,(H,24,28)(H,26,29). The largest absolute Gasteiger partial charge is 0.322 e. The average molecular weight is 380 g/mol. The lowest BCUT2D eigenvalue weighted by molar-refractivity contribution is 0.102. The van der Waals surface area contributed by atoms with Gasteiger partial charge in [0.15, 0.2) is 0 Å². The first kappa shape index (κ1) is 16.9. The third kappa shape index (κ3) is 3.17. The van der Waals surface area contributed by atoms with E-state index in [0.29, 0.717) is 11.2 Å². The summed E-state index contributed by atoms with van der Waals surface area (Å²) in [5.41, 5.74) is 3.47. The van der Waals surface area contributed by atoms with E-state index in [1.807, 2.05) is 71.4 Å². The number of aromatic amines is 1. The lowest BCUT2D eigenvalue weighted by atomic mass is 10.1. The Morgan fingerprint density at radius 3 is 2.72 bits per heavy atom. The lowest BCUT2D eigenvalue weighted by Crippen LogP contribution is -2.23. The Bertz CT molecular complexity index is 1400. The lowest BCUT2D eigenvalue weighted by Gasteiger charge is -2.07. The number of para-hydroxylation sites is 1. The number of rotatable bonds is 3. The van der Waals surface area contributed by atoms with Gasteiger partial charge in [-0.25, -0.2) is 4.98 Å². The number of hydrogen-bond acceptors (Lipinski definition) is 3. The van der Waals surface area contributed by atoms with Crippen LogP contribution in [-0.4, -0.2) is 20.3 Å². The third-order valence-corrected chi connectivity index (χ3v) is 4.78. The van der Waals surface area contributed by atoms with Gasteiger partial charge in [-0.15, -0.1) is 0 Å². The van der Waals surface area contributed by atoms with Crippen molar-refractivity contribution in [1.82, 2.24) is 14.4 Å². The Morgan fingerprint density at radius 2 is 1.83 bits per heavy atom. The Hall–Kier alpha value is -4.19. The van der Waals surface area contributed by atoms with E-state index < -0.39 is 11.5 Å². The van der Waals surface area contributed by atoms with Crippen LogP contribution in [0.5, 0.6) is 0 Å². The van der Waals surface area contributed by atoms with Gasteiger partial charge < -0.3 is 14.7 Å². The molecule has 0 spiro atoms. The Labute approximate surface area is 165 Å². The molecule has 6 heteroatoms. The molecule has 1 amide bonds. The Kier molecular flexibility index (Phi) is 3.95. The number of imidazole rings is 1. The van der Waals surface area contributed by atoms with Crippen molar-refractivity contribution in [2.75, 3.05) is 5.32 Å². The molecule has 0 unspecified atom stereocenters. The van der Waals surface area contributed by atoms with Crippen LogP contribution in [0, 0.1) is 0 Å². The van der Waals surface area contributed by atoms with Crippen LogP contribution >= 0.6 is 0 Å². The van der Waals surface area contributed by atoms with E-state index in [1.165, 1.54) is 0 Å². The molecule has 0 saturated heterocycles. The fourth-order valence-electron chi connectivity index (χ4n) is 3.34. The number of aromatic nitrogens is 3. The van der Waals surface area contributed by atoms with Crippen LogP contribution in [0.1, 0.15) is 10.4 Å². The predicted octanol–water partition coefficient (Wildman–Crippen LogP) is 4.10. The van der Waals surface area contributed by atoms with Crippen molar-refractivity contribution in [3.05, 3.63) is 101 Å². The molecule has 0 saturated carbocycles. The van der Waals surface area contributed by atoms with Crippen molar-refractivity contribution < 1.29 is 4.79 Å². The number of fused-ring (bicyclic) bond motifs is 2. The summed E-state index contributed by atoms with van der Waals surface area (Å²) in [5, 5.41) is 3.62. The highest BCUT2D eigenvalue weighted by atomic mass is 16.2. The molecular weight excluding hydrogens is 364 g/mol. The summed E-state index contributed by atoms with van der Waals surface area (Å²) in [6.45, 7) is 0. The second kappa shape index (κ2) is 6.76. The minimum Gasteiger partial charge on any atom is -0.322 e. The molecule has 0 atom stereocenters. The molecule has 3 heterocycles. The number of nitrogens with one attached hydrogen (secondary N) is 2. The minimum atomic E-state index is -0.454. The molecule has 0 aliphatic rings. The number of amides is 1. The molecule has 5 rings (SSSR count). The van der Waals surface area contributed by atoms with E-state index in [9.17, 15) is 9.59 Å². The molecule has 0 aliphatic heterocycles. The number of benzene rings is 2. The quantitative estimate of drug-likeness (QED) is 0.495. The molecule has 0 radical (unpaired) electrons. The fraction of sp³-hybridized carbons (Fsp3) is 0. The summed E-state index contributed by atoms with van der Waals surface area (Å²) in [4.78, 5) is 32.4. The second-order valence-corrected chi connectivity index (χ2v) is 6.73. The molecule has 0 fully saturated rings. The van der Waals surface area contributed by atoms with E-state index in [2.05, 4.69) is 15.3 Å². The van der Waals surface area contributed by atoms with Crippen LogP contribution < -0.4 is 10.9 Å². The number of pyridine rings is 2. The van der Waals surface area contributed by atoms with Gasteiger partial charge in [-0.1, -0.05) is 36.4 Å². The molecule has 0 aliphatic carbocycles. The highest BCUT2D eigenvalue weighted by Gasteiger charge is 2.13. The molecular formula is C23H16N4O2. The zero-order valence-corrected chi connectivity index (χ0v) is 15.3. The molecule has 2 aromatic carbocycles. The second-order valence-electron chi connectivity index (χ2n) is 6.73. The van der Waals surface area contributed by atoms with Crippen molar-refractivity contribution in [3.8, 4) is 11.3 Å². The summed E-state index contributed by atoms with van der Waals surface area (Å²) in [7, 11) is 0. The third-order valence-electron chi connectivity index (χ3n) is 4.78. The van der Waals surface area contributed by atoms with E-state index in [0.717, 1.165) is 22.3 Å². The summed E-state index contributed by atoms with van der Waals surface area (Å²) < 4.78 is 1.94.